The number of carbonyl (C=O) groups excluding carboxylic acids is 2. The van der Waals surface area contributed by atoms with E-state index in [1.807, 2.05) is 6.92 Å². The van der Waals surface area contributed by atoms with Crippen molar-refractivity contribution >= 4 is 23.1 Å². The second-order valence-electron chi connectivity index (χ2n) is 7.70. The fourth-order valence-corrected chi connectivity index (χ4v) is 4.18. The van der Waals surface area contributed by atoms with E-state index in [0.717, 1.165) is 5.56 Å². The van der Waals surface area contributed by atoms with Crippen LogP contribution in [0.4, 0.5) is 5.69 Å². The molecule has 168 valence electrons. The quantitative estimate of drug-likeness (QED) is 0.367. The van der Waals surface area contributed by atoms with Crippen molar-refractivity contribution in [3.8, 4) is 17.2 Å². The van der Waals surface area contributed by atoms with Gasteiger partial charge in [0.15, 0.2) is 11.5 Å². The molecule has 1 N–H and O–H groups in total. The number of aliphatic hydroxyl groups is 1. The van der Waals surface area contributed by atoms with E-state index in [4.69, 9.17) is 18.6 Å². The van der Waals surface area contributed by atoms with Gasteiger partial charge in [-0.25, -0.2) is 0 Å². The normalized spacial score (nSPS) is 19.1. The van der Waals surface area contributed by atoms with Gasteiger partial charge in [0.2, 0.25) is 0 Å². The molecule has 8 nitrogen and oxygen atoms in total. The van der Waals surface area contributed by atoms with E-state index in [9.17, 15) is 14.7 Å². The van der Waals surface area contributed by atoms with Gasteiger partial charge >= 0.3 is 0 Å². The van der Waals surface area contributed by atoms with Crippen LogP contribution in [0.5, 0.6) is 17.2 Å². The maximum absolute atomic E-state index is 13.2. The first-order valence-corrected chi connectivity index (χ1v) is 10.4. The molecule has 1 saturated heterocycles. The SMILES string of the molecule is COc1ccc(/C(O)=C2/C(=O)C(=O)N(c3ccc4c(c3)OCCO4)C2c2ccco2)cc1C. The van der Waals surface area contributed by atoms with Crippen LogP contribution in [0, 0.1) is 6.92 Å². The molecule has 0 saturated carbocycles. The summed E-state index contributed by atoms with van der Waals surface area (Å²) in [6, 6.07) is 12.4. The van der Waals surface area contributed by atoms with E-state index in [0.29, 0.717) is 47.5 Å². The lowest BCUT2D eigenvalue weighted by Gasteiger charge is -2.25. The summed E-state index contributed by atoms with van der Waals surface area (Å²) in [5, 5.41) is 11.2. The standard InChI is InChI=1S/C25H21NO7/c1-14-12-15(5-7-17(14)30-2)23(27)21-22(19-4-3-9-31-19)26(25(29)24(21)28)16-6-8-18-20(13-16)33-11-10-32-18/h3-9,12-13,22,27H,10-11H2,1-2H3/b23-21-. The number of rotatable bonds is 4. The number of aryl methyl sites for hydroxylation is 1. The Labute approximate surface area is 189 Å². The van der Waals surface area contributed by atoms with Gasteiger partial charge < -0.3 is 23.7 Å². The first-order valence-electron chi connectivity index (χ1n) is 10.4. The Morgan fingerprint density at radius 3 is 2.55 bits per heavy atom. The molecule has 2 aliphatic rings. The summed E-state index contributed by atoms with van der Waals surface area (Å²) in [7, 11) is 1.55. The van der Waals surface area contributed by atoms with Crippen LogP contribution in [-0.2, 0) is 9.59 Å². The third kappa shape index (κ3) is 3.40. The van der Waals surface area contributed by atoms with E-state index < -0.39 is 17.7 Å². The van der Waals surface area contributed by atoms with Crippen molar-refractivity contribution in [1.29, 1.82) is 0 Å². The molecule has 1 fully saturated rings. The summed E-state index contributed by atoms with van der Waals surface area (Å²) >= 11 is 0. The van der Waals surface area contributed by atoms with Crippen molar-refractivity contribution in [2.24, 2.45) is 0 Å². The number of ketones is 1. The first kappa shape index (κ1) is 20.7. The predicted molar refractivity (Wildman–Crippen MR) is 119 cm³/mol. The highest BCUT2D eigenvalue weighted by Crippen LogP contribution is 2.44. The Hall–Kier alpha value is -4.20. The molecule has 0 radical (unpaired) electrons. The van der Waals surface area contributed by atoms with Crippen LogP contribution in [0.1, 0.15) is 22.9 Å². The molecule has 0 aliphatic carbocycles. The summed E-state index contributed by atoms with van der Waals surface area (Å²) in [6.45, 7) is 2.64. The van der Waals surface area contributed by atoms with Crippen LogP contribution < -0.4 is 19.1 Å². The minimum atomic E-state index is -0.954. The first-order chi connectivity index (χ1) is 16.0. The van der Waals surface area contributed by atoms with Crippen LogP contribution in [0.2, 0.25) is 0 Å². The van der Waals surface area contributed by atoms with E-state index >= 15 is 0 Å². The summed E-state index contributed by atoms with van der Waals surface area (Å²) in [5.74, 6) is 0.147. The van der Waals surface area contributed by atoms with Gasteiger partial charge in [-0.1, -0.05) is 0 Å². The molecule has 1 unspecified atom stereocenters. The number of Topliss-reactive ketones (excluding diaryl/α,β-unsaturated/α-hetero) is 1. The molecule has 3 aromatic rings. The van der Waals surface area contributed by atoms with Crippen molar-refractivity contribution in [3.63, 3.8) is 0 Å². The van der Waals surface area contributed by atoms with Crippen molar-refractivity contribution in [3.05, 3.63) is 77.3 Å². The molecule has 33 heavy (non-hydrogen) atoms. The maximum atomic E-state index is 13.2. The van der Waals surface area contributed by atoms with Crippen molar-refractivity contribution in [2.75, 3.05) is 25.2 Å². The van der Waals surface area contributed by atoms with Gasteiger partial charge in [0, 0.05) is 17.3 Å². The monoisotopic (exact) mass is 447 g/mol. The average Bonchev–Trinajstić information content (AvgIpc) is 3.45. The van der Waals surface area contributed by atoms with Gasteiger partial charge in [0.1, 0.15) is 36.5 Å². The molecule has 2 aromatic carbocycles. The summed E-state index contributed by atoms with van der Waals surface area (Å²) in [4.78, 5) is 27.7. The van der Waals surface area contributed by atoms with Gasteiger partial charge in [-0.3, -0.25) is 14.5 Å². The topological polar surface area (TPSA) is 98.4 Å². The lowest BCUT2D eigenvalue weighted by Crippen LogP contribution is -2.29. The second kappa shape index (κ2) is 8.05. The fourth-order valence-electron chi connectivity index (χ4n) is 4.18. The molecule has 0 bridgehead atoms. The zero-order valence-corrected chi connectivity index (χ0v) is 18.0. The number of benzene rings is 2. The minimum Gasteiger partial charge on any atom is -0.507 e. The number of methoxy groups -OCH3 is 1. The minimum absolute atomic E-state index is 0.0607. The number of fused-ring (bicyclic) bond motifs is 1. The lowest BCUT2D eigenvalue weighted by molar-refractivity contribution is -0.132. The van der Waals surface area contributed by atoms with E-state index in [1.165, 1.54) is 11.2 Å². The van der Waals surface area contributed by atoms with E-state index in [2.05, 4.69) is 0 Å². The zero-order valence-electron chi connectivity index (χ0n) is 18.0. The molecule has 0 spiro atoms. The Morgan fingerprint density at radius 1 is 1.06 bits per heavy atom. The lowest BCUT2D eigenvalue weighted by atomic mass is 9.98. The highest BCUT2D eigenvalue weighted by atomic mass is 16.6. The summed E-state index contributed by atoms with van der Waals surface area (Å²) < 4.78 is 22.1. The van der Waals surface area contributed by atoms with Crippen molar-refractivity contribution < 1.29 is 33.3 Å². The second-order valence-corrected chi connectivity index (χ2v) is 7.70. The smallest absolute Gasteiger partial charge is 0.300 e. The van der Waals surface area contributed by atoms with Crippen LogP contribution >= 0.6 is 0 Å². The number of anilines is 1. The molecule has 1 atom stereocenters. The van der Waals surface area contributed by atoms with Crippen LogP contribution in [-0.4, -0.2) is 37.1 Å². The number of carbonyl (C=O) groups is 2. The molecular formula is C25H21NO7. The summed E-state index contributed by atoms with van der Waals surface area (Å²) in [6.07, 6.45) is 1.46. The predicted octanol–water partition coefficient (Wildman–Crippen LogP) is 3.99. The Kier molecular flexibility index (Phi) is 5.05. The van der Waals surface area contributed by atoms with Crippen LogP contribution in [0.25, 0.3) is 5.76 Å². The molecule has 2 aliphatic heterocycles. The number of amides is 1. The van der Waals surface area contributed by atoms with Gasteiger partial charge in [-0.2, -0.15) is 0 Å². The average molecular weight is 447 g/mol. The zero-order chi connectivity index (χ0) is 23.1. The van der Waals surface area contributed by atoms with Gasteiger partial charge in [0.25, 0.3) is 11.7 Å². The summed E-state index contributed by atoms with van der Waals surface area (Å²) in [5.41, 5.74) is 1.53. The number of hydrogen-bond donors (Lipinski definition) is 1. The third-order valence-corrected chi connectivity index (χ3v) is 5.73. The molecule has 1 amide bonds. The Bertz CT molecular complexity index is 1280. The largest absolute Gasteiger partial charge is 0.507 e. The van der Waals surface area contributed by atoms with Crippen LogP contribution in [0.15, 0.2) is 64.8 Å². The van der Waals surface area contributed by atoms with Gasteiger partial charge in [0.05, 0.1) is 18.9 Å². The molecule has 3 heterocycles. The van der Waals surface area contributed by atoms with Crippen molar-refractivity contribution in [1.82, 2.24) is 0 Å². The number of ether oxygens (including phenoxy) is 3. The highest BCUT2D eigenvalue weighted by Gasteiger charge is 2.48. The number of aliphatic hydroxyl groups excluding tert-OH is 1. The Morgan fingerprint density at radius 2 is 1.85 bits per heavy atom. The van der Waals surface area contributed by atoms with Crippen LogP contribution in [0.3, 0.4) is 0 Å². The van der Waals surface area contributed by atoms with Gasteiger partial charge in [-0.15, -0.1) is 0 Å². The third-order valence-electron chi connectivity index (χ3n) is 5.73. The number of nitrogens with zero attached hydrogens (tertiary/aromatic N) is 1. The fraction of sp³-hybridized carbons (Fsp3) is 0.200. The number of furan rings is 1. The van der Waals surface area contributed by atoms with E-state index in [-0.39, 0.29) is 11.3 Å². The van der Waals surface area contributed by atoms with Crippen molar-refractivity contribution in [2.45, 2.75) is 13.0 Å². The molecule has 5 rings (SSSR count). The Balaban J connectivity index is 1.66. The highest BCUT2D eigenvalue weighted by molar-refractivity contribution is 6.51. The maximum Gasteiger partial charge on any atom is 0.300 e. The molecule has 8 heteroatoms. The molecule has 1 aromatic heterocycles. The van der Waals surface area contributed by atoms with Gasteiger partial charge in [-0.05, 0) is 55.0 Å². The number of hydrogen-bond acceptors (Lipinski definition) is 7. The molecular weight excluding hydrogens is 426 g/mol. The van der Waals surface area contributed by atoms with E-state index in [1.54, 1.807) is 55.6 Å².